The molecule has 2 heterocycles. The fourth-order valence-corrected chi connectivity index (χ4v) is 4.64. The normalized spacial score (nSPS) is 26.3. The van der Waals surface area contributed by atoms with Gasteiger partial charge in [0.15, 0.2) is 0 Å². The molecule has 3 nitrogen and oxygen atoms in total. The molecule has 2 aliphatic heterocycles. The summed E-state index contributed by atoms with van der Waals surface area (Å²) in [6, 6.07) is 18.3. The third-order valence-electron chi connectivity index (χ3n) is 5.26. The van der Waals surface area contributed by atoms with Crippen molar-refractivity contribution in [1.82, 2.24) is 0 Å². The van der Waals surface area contributed by atoms with Crippen molar-refractivity contribution in [3.05, 3.63) is 91.0 Å². The molecule has 0 unspecified atom stereocenters. The number of hydrogen-bond acceptors (Lipinski definition) is 3. The quantitative estimate of drug-likeness (QED) is 0.558. The van der Waals surface area contributed by atoms with E-state index in [1.54, 1.807) is 0 Å². The van der Waals surface area contributed by atoms with Crippen molar-refractivity contribution < 1.29 is 4.84 Å². The Morgan fingerprint density at radius 2 is 1.81 bits per heavy atom. The van der Waals surface area contributed by atoms with Crippen LogP contribution in [0.15, 0.2) is 85.1 Å². The molecule has 0 bridgehead atoms. The van der Waals surface area contributed by atoms with Crippen LogP contribution in [-0.4, -0.2) is 23.9 Å². The van der Waals surface area contributed by atoms with Crippen LogP contribution in [0, 0.1) is 0 Å². The first kappa shape index (κ1) is 16.9. The number of hydrogen-bond donors (Lipinski definition) is 0. The van der Waals surface area contributed by atoms with Crippen molar-refractivity contribution in [2.24, 2.45) is 5.16 Å². The second-order valence-electron chi connectivity index (χ2n) is 6.65. The summed E-state index contributed by atoms with van der Waals surface area (Å²) in [5.74, 6) is 0. The molecule has 3 atom stereocenters. The van der Waals surface area contributed by atoms with Crippen LogP contribution in [0.25, 0.3) is 0 Å². The van der Waals surface area contributed by atoms with Crippen LogP contribution in [-0.2, 0) is 10.3 Å². The number of halogens is 1. The highest BCUT2D eigenvalue weighted by Gasteiger charge is 2.59. The van der Waals surface area contributed by atoms with Gasteiger partial charge in [-0.1, -0.05) is 65.8 Å². The predicted octanol–water partition coefficient (Wildman–Crippen LogP) is 4.87. The molecule has 4 heteroatoms. The van der Waals surface area contributed by atoms with Gasteiger partial charge < -0.3 is 9.74 Å². The Kier molecular flexibility index (Phi) is 4.33. The summed E-state index contributed by atoms with van der Waals surface area (Å²) in [6.07, 6.45) is 4.21. The molecular formula is C22H21ClN2O. The summed E-state index contributed by atoms with van der Waals surface area (Å²) in [6.45, 7) is 8.56. The highest BCUT2D eigenvalue weighted by atomic mass is 35.5. The van der Waals surface area contributed by atoms with E-state index in [1.807, 2.05) is 48.6 Å². The van der Waals surface area contributed by atoms with Crippen molar-refractivity contribution in [3.8, 4) is 0 Å². The molecule has 2 aromatic rings. The molecule has 0 fully saturated rings. The zero-order valence-electron chi connectivity index (χ0n) is 14.5. The van der Waals surface area contributed by atoms with Gasteiger partial charge in [-0.25, -0.2) is 0 Å². The summed E-state index contributed by atoms with van der Waals surface area (Å²) < 4.78 is 0. The maximum atomic E-state index is 7.14. The Morgan fingerprint density at radius 1 is 1.08 bits per heavy atom. The minimum atomic E-state index is -0.449. The van der Waals surface area contributed by atoms with Gasteiger partial charge in [-0.05, 0) is 18.1 Å². The lowest BCUT2D eigenvalue weighted by Gasteiger charge is -2.43. The number of oxime groups is 1. The van der Waals surface area contributed by atoms with E-state index < -0.39 is 5.41 Å². The number of anilines is 1. The molecule has 2 aliphatic rings. The van der Waals surface area contributed by atoms with Crippen LogP contribution < -0.4 is 4.90 Å². The lowest BCUT2D eigenvalue weighted by atomic mass is 9.72. The number of para-hydroxylation sites is 1. The third-order valence-corrected chi connectivity index (χ3v) is 5.86. The molecular weight excluding hydrogens is 344 g/mol. The predicted molar refractivity (Wildman–Crippen MR) is 108 cm³/mol. The molecule has 132 valence electrons. The van der Waals surface area contributed by atoms with Gasteiger partial charge in [0, 0.05) is 17.8 Å². The Labute approximate surface area is 159 Å². The van der Waals surface area contributed by atoms with Crippen LogP contribution in [0.4, 0.5) is 5.69 Å². The van der Waals surface area contributed by atoms with E-state index in [1.165, 1.54) is 5.56 Å². The molecule has 0 amide bonds. The van der Waals surface area contributed by atoms with Crippen LogP contribution in [0.5, 0.6) is 0 Å². The van der Waals surface area contributed by atoms with Gasteiger partial charge in [0.2, 0.25) is 6.23 Å². The Balaban J connectivity index is 1.90. The van der Waals surface area contributed by atoms with Crippen molar-refractivity contribution in [2.75, 3.05) is 11.4 Å². The Bertz CT molecular complexity index is 863. The van der Waals surface area contributed by atoms with E-state index >= 15 is 0 Å². The SMILES string of the molecule is C=CCN1c2ccccc2[C@@]2(CC=C)[C@@H](Cl)C(c3ccccc3)=NO[C@@H]12. The summed E-state index contributed by atoms with van der Waals surface area (Å²) in [5, 5.41) is 4.11. The molecule has 0 spiro atoms. The number of nitrogens with zero attached hydrogens (tertiary/aromatic N) is 2. The van der Waals surface area contributed by atoms with E-state index in [0.29, 0.717) is 13.0 Å². The molecule has 0 saturated carbocycles. The van der Waals surface area contributed by atoms with E-state index in [0.717, 1.165) is 17.0 Å². The third kappa shape index (κ3) is 2.31. The first-order valence-corrected chi connectivity index (χ1v) is 9.19. The van der Waals surface area contributed by atoms with Crippen molar-refractivity contribution in [3.63, 3.8) is 0 Å². The monoisotopic (exact) mass is 364 g/mol. The van der Waals surface area contributed by atoms with E-state index in [4.69, 9.17) is 16.4 Å². The Morgan fingerprint density at radius 3 is 2.54 bits per heavy atom. The van der Waals surface area contributed by atoms with Gasteiger partial charge in [0.05, 0.1) is 10.8 Å². The number of allylic oxidation sites excluding steroid dienone is 1. The van der Waals surface area contributed by atoms with Crippen molar-refractivity contribution in [2.45, 2.75) is 23.4 Å². The minimum Gasteiger partial charge on any atom is -0.369 e. The Hall–Kier alpha value is -2.52. The molecule has 2 aromatic carbocycles. The van der Waals surface area contributed by atoms with Gasteiger partial charge in [0.1, 0.15) is 5.71 Å². The van der Waals surface area contributed by atoms with Gasteiger partial charge >= 0.3 is 0 Å². The number of fused-ring (bicyclic) bond motifs is 3. The number of rotatable bonds is 5. The highest BCUT2D eigenvalue weighted by molar-refractivity contribution is 6.36. The smallest absolute Gasteiger partial charge is 0.212 e. The van der Waals surface area contributed by atoms with Gasteiger partial charge in [0.25, 0.3) is 0 Å². The molecule has 0 radical (unpaired) electrons. The first-order chi connectivity index (χ1) is 12.7. The standard InChI is InChI=1S/C22H21ClN2O/c1-3-14-22-17-12-8-9-13-18(17)25(15-4-2)21(22)26-24-19(20(22)23)16-10-6-5-7-11-16/h3-13,20-21H,1-2,14-15H2/t20-,21+,22-/m0/s1. The second kappa shape index (κ2) is 6.65. The average molecular weight is 365 g/mol. The zero-order valence-corrected chi connectivity index (χ0v) is 15.3. The summed E-state index contributed by atoms with van der Waals surface area (Å²) in [7, 11) is 0. The highest BCUT2D eigenvalue weighted by Crippen LogP contribution is 2.54. The average Bonchev–Trinajstić information content (AvgIpc) is 2.95. The van der Waals surface area contributed by atoms with Gasteiger partial charge in [-0.3, -0.25) is 0 Å². The first-order valence-electron chi connectivity index (χ1n) is 8.75. The van der Waals surface area contributed by atoms with Crippen LogP contribution in [0.3, 0.4) is 0 Å². The van der Waals surface area contributed by atoms with E-state index in [2.05, 4.69) is 41.4 Å². The molecule has 0 aromatic heterocycles. The largest absolute Gasteiger partial charge is 0.369 e. The fraction of sp³-hybridized carbons (Fsp3) is 0.227. The lowest BCUT2D eigenvalue weighted by molar-refractivity contribution is -0.00198. The lowest BCUT2D eigenvalue weighted by Crippen LogP contribution is -2.56. The fourth-order valence-electron chi connectivity index (χ4n) is 4.16. The van der Waals surface area contributed by atoms with Crippen LogP contribution in [0.1, 0.15) is 17.5 Å². The molecule has 0 N–H and O–H groups in total. The van der Waals surface area contributed by atoms with Crippen LogP contribution in [0.2, 0.25) is 0 Å². The number of benzene rings is 2. The van der Waals surface area contributed by atoms with E-state index in [9.17, 15) is 0 Å². The van der Waals surface area contributed by atoms with Crippen molar-refractivity contribution >= 4 is 23.0 Å². The molecule has 4 rings (SSSR count). The topological polar surface area (TPSA) is 24.8 Å². The maximum Gasteiger partial charge on any atom is 0.212 e. The van der Waals surface area contributed by atoms with Crippen molar-refractivity contribution in [1.29, 1.82) is 0 Å². The second-order valence-corrected chi connectivity index (χ2v) is 7.09. The summed E-state index contributed by atoms with van der Waals surface area (Å²) in [5.41, 5.74) is 3.59. The van der Waals surface area contributed by atoms with Crippen LogP contribution >= 0.6 is 11.6 Å². The number of alkyl halides is 1. The van der Waals surface area contributed by atoms with E-state index in [-0.39, 0.29) is 11.6 Å². The molecule has 0 aliphatic carbocycles. The summed E-state index contributed by atoms with van der Waals surface area (Å²) >= 11 is 7.14. The summed E-state index contributed by atoms with van der Waals surface area (Å²) in [4.78, 5) is 8.26. The molecule has 0 saturated heterocycles. The maximum absolute atomic E-state index is 7.14. The zero-order chi connectivity index (χ0) is 18.1. The van der Waals surface area contributed by atoms with Gasteiger partial charge in [-0.15, -0.1) is 24.8 Å². The minimum absolute atomic E-state index is 0.286. The molecule has 26 heavy (non-hydrogen) atoms. The van der Waals surface area contributed by atoms with Gasteiger partial charge in [-0.2, -0.15) is 0 Å².